The molecule has 0 saturated carbocycles. The summed E-state index contributed by atoms with van der Waals surface area (Å²) in [7, 11) is 0. The van der Waals surface area contributed by atoms with Crippen LogP contribution in [0.4, 0.5) is 16.2 Å². The third-order valence-electron chi connectivity index (χ3n) is 2.92. The summed E-state index contributed by atoms with van der Waals surface area (Å²) >= 11 is 0. The number of urea groups is 1. The van der Waals surface area contributed by atoms with Gasteiger partial charge in [0.15, 0.2) is 0 Å². The number of amides is 2. The van der Waals surface area contributed by atoms with Crippen molar-refractivity contribution in [2.75, 3.05) is 17.2 Å². The highest BCUT2D eigenvalue weighted by molar-refractivity contribution is 5.99. The predicted octanol–water partition coefficient (Wildman–Crippen LogP) is 3.14. The zero-order chi connectivity index (χ0) is 15.8. The van der Waals surface area contributed by atoms with E-state index in [2.05, 4.69) is 10.6 Å². The smallest absolute Gasteiger partial charge is 0.379 e. The van der Waals surface area contributed by atoms with Gasteiger partial charge in [-0.25, -0.2) is 4.79 Å². The molecule has 2 rings (SSSR count). The second kappa shape index (κ2) is 7.87. The van der Waals surface area contributed by atoms with Crippen molar-refractivity contribution in [1.29, 1.82) is 0 Å². The van der Waals surface area contributed by atoms with Crippen molar-refractivity contribution < 1.29 is 14.3 Å². The van der Waals surface area contributed by atoms with Crippen LogP contribution in [0, 0.1) is 5.21 Å². The molecule has 0 aliphatic rings. The van der Waals surface area contributed by atoms with Crippen molar-refractivity contribution >= 4 is 17.4 Å². The van der Waals surface area contributed by atoms with Gasteiger partial charge in [0.05, 0.1) is 12.7 Å². The molecule has 22 heavy (non-hydrogen) atoms. The monoisotopic (exact) mass is 301 g/mol. The van der Waals surface area contributed by atoms with Crippen molar-refractivity contribution in [3.8, 4) is 5.88 Å². The van der Waals surface area contributed by atoms with E-state index in [-0.39, 0.29) is 5.88 Å². The van der Waals surface area contributed by atoms with E-state index in [1.54, 1.807) is 24.3 Å². The van der Waals surface area contributed by atoms with Gasteiger partial charge in [0, 0.05) is 5.69 Å². The highest BCUT2D eigenvalue weighted by Crippen LogP contribution is 2.11. The normalized spacial score (nSPS) is 10.0. The Bertz CT molecular complexity index is 617. The zero-order valence-corrected chi connectivity index (χ0v) is 12.4. The molecular formula is C16H19N3O3. The van der Waals surface area contributed by atoms with E-state index >= 15 is 0 Å². The molecule has 0 spiro atoms. The first-order valence-corrected chi connectivity index (χ1v) is 7.18. The number of carbonyl (C=O) groups is 1. The molecule has 0 saturated heterocycles. The number of nitrogens with zero attached hydrogens (tertiary/aromatic N) is 1. The van der Waals surface area contributed by atoms with Crippen LogP contribution in [0.15, 0.2) is 48.7 Å². The summed E-state index contributed by atoms with van der Waals surface area (Å²) in [4.78, 5) is 11.8. The number of aromatic nitrogens is 1. The fourth-order valence-corrected chi connectivity index (χ4v) is 1.79. The summed E-state index contributed by atoms with van der Waals surface area (Å²) in [5.74, 6) is 0.225. The molecule has 1 heterocycles. The van der Waals surface area contributed by atoms with E-state index in [4.69, 9.17) is 4.74 Å². The summed E-state index contributed by atoms with van der Waals surface area (Å²) in [6.07, 6.45) is 3.16. The Morgan fingerprint density at radius 3 is 2.55 bits per heavy atom. The number of hydrogen-bond donors (Lipinski definition) is 2. The predicted molar refractivity (Wildman–Crippen MR) is 84.9 cm³/mol. The first-order valence-electron chi connectivity index (χ1n) is 7.18. The van der Waals surface area contributed by atoms with Gasteiger partial charge in [-0.3, -0.25) is 0 Å². The number of anilines is 2. The molecule has 6 heteroatoms. The van der Waals surface area contributed by atoms with Crippen LogP contribution in [0.25, 0.3) is 0 Å². The van der Waals surface area contributed by atoms with E-state index < -0.39 is 6.03 Å². The van der Waals surface area contributed by atoms with Gasteiger partial charge in [0.25, 0.3) is 0 Å². The number of benzene rings is 1. The molecule has 2 N–H and O–H groups in total. The highest BCUT2D eigenvalue weighted by Gasteiger charge is 2.10. The van der Waals surface area contributed by atoms with Gasteiger partial charge in [0.2, 0.25) is 6.20 Å². The number of ether oxygens (including phenoxy) is 1. The van der Waals surface area contributed by atoms with Crippen molar-refractivity contribution in [1.82, 2.24) is 0 Å². The van der Waals surface area contributed by atoms with Gasteiger partial charge in [0.1, 0.15) is 5.69 Å². The van der Waals surface area contributed by atoms with Crippen molar-refractivity contribution in [3.05, 3.63) is 53.9 Å². The summed E-state index contributed by atoms with van der Waals surface area (Å²) in [6.45, 7) is 2.55. The number of hydrogen-bond acceptors (Lipinski definition) is 3. The Labute approximate surface area is 129 Å². The first kappa shape index (κ1) is 15.6. The van der Waals surface area contributed by atoms with Gasteiger partial charge in [-0.1, -0.05) is 31.5 Å². The Morgan fingerprint density at radius 1 is 1.14 bits per heavy atom. The topological polar surface area (TPSA) is 77.3 Å². The fourth-order valence-electron chi connectivity index (χ4n) is 1.79. The second-order valence-corrected chi connectivity index (χ2v) is 4.73. The minimum Gasteiger partial charge on any atom is -0.616 e. The van der Waals surface area contributed by atoms with Crippen LogP contribution in [-0.4, -0.2) is 12.6 Å². The van der Waals surface area contributed by atoms with E-state index in [0.29, 0.717) is 22.7 Å². The van der Waals surface area contributed by atoms with Gasteiger partial charge >= 0.3 is 11.9 Å². The number of pyridine rings is 1. The molecule has 116 valence electrons. The molecule has 1 aromatic heterocycles. The average molecular weight is 301 g/mol. The van der Waals surface area contributed by atoms with Crippen LogP contribution in [0.2, 0.25) is 0 Å². The Hall–Kier alpha value is -2.76. The van der Waals surface area contributed by atoms with Gasteiger partial charge in [-0.05, 0) is 24.6 Å². The van der Waals surface area contributed by atoms with Gasteiger partial charge in [-0.15, -0.1) is 4.73 Å². The number of carbonyl (C=O) groups excluding carboxylic acids is 1. The molecule has 2 aromatic rings. The molecule has 0 fully saturated rings. The molecule has 0 aliphatic heterocycles. The van der Waals surface area contributed by atoms with Gasteiger partial charge < -0.3 is 20.6 Å². The quantitative estimate of drug-likeness (QED) is 0.489. The lowest BCUT2D eigenvalue weighted by molar-refractivity contribution is -0.612. The minimum atomic E-state index is -0.411. The van der Waals surface area contributed by atoms with Crippen LogP contribution < -0.4 is 20.1 Å². The largest absolute Gasteiger partial charge is 0.616 e. The summed E-state index contributed by atoms with van der Waals surface area (Å²) in [5, 5.41) is 17.1. The van der Waals surface area contributed by atoms with Crippen LogP contribution >= 0.6 is 0 Å². The standard InChI is InChI=1S/C16H19N3O3/c1-2-3-11-22-15-10-9-14(12-19(15)21)18-16(20)17-13-7-5-4-6-8-13/h4-10,12H,2-3,11H2,1H3,(H2,17,18,20). The third kappa shape index (κ3) is 4.66. The van der Waals surface area contributed by atoms with E-state index in [1.807, 2.05) is 25.1 Å². The van der Waals surface area contributed by atoms with Gasteiger partial charge in [-0.2, -0.15) is 0 Å². The molecule has 2 amide bonds. The van der Waals surface area contributed by atoms with Crippen molar-refractivity contribution in [3.63, 3.8) is 0 Å². The number of nitrogens with one attached hydrogen (secondary N) is 2. The van der Waals surface area contributed by atoms with Crippen LogP contribution in [0.3, 0.4) is 0 Å². The lowest BCUT2D eigenvalue weighted by atomic mass is 10.3. The fraction of sp³-hybridized carbons (Fsp3) is 0.250. The van der Waals surface area contributed by atoms with E-state index in [1.165, 1.54) is 6.20 Å². The second-order valence-electron chi connectivity index (χ2n) is 4.73. The maximum absolute atomic E-state index is 11.8. The minimum absolute atomic E-state index is 0.225. The highest BCUT2D eigenvalue weighted by atomic mass is 16.5. The van der Waals surface area contributed by atoms with Crippen molar-refractivity contribution in [2.24, 2.45) is 0 Å². The molecule has 0 bridgehead atoms. The van der Waals surface area contributed by atoms with Crippen LogP contribution in [-0.2, 0) is 0 Å². The zero-order valence-electron chi connectivity index (χ0n) is 12.4. The number of rotatable bonds is 6. The lowest BCUT2D eigenvalue weighted by Crippen LogP contribution is -2.30. The molecule has 6 nitrogen and oxygen atoms in total. The Kier molecular flexibility index (Phi) is 5.59. The molecule has 0 unspecified atom stereocenters. The SMILES string of the molecule is CCCCOc1ccc(NC(=O)Nc2ccccc2)c[n+]1[O-]. The first-order chi connectivity index (χ1) is 10.7. The third-order valence-corrected chi connectivity index (χ3v) is 2.92. The molecular weight excluding hydrogens is 282 g/mol. The summed E-state index contributed by atoms with van der Waals surface area (Å²) in [5.41, 5.74) is 1.07. The lowest BCUT2D eigenvalue weighted by Gasteiger charge is -2.09. The maximum atomic E-state index is 11.8. The summed E-state index contributed by atoms with van der Waals surface area (Å²) in [6, 6.07) is 11.8. The Balaban J connectivity index is 1.92. The van der Waals surface area contributed by atoms with Crippen molar-refractivity contribution in [2.45, 2.75) is 19.8 Å². The molecule has 0 atom stereocenters. The average Bonchev–Trinajstić information content (AvgIpc) is 2.50. The Morgan fingerprint density at radius 2 is 1.86 bits per heavy atom. The number of unbranched alkanes of at least 4 members (excludes halogenated alkanes) is 1. The maximum Gasteiger partial charge on any atom is 0.379 e. The summed E-state index contributed by atoms with van der Waals surface area (Å²) < 4.78 is 5.96. The van der Waals surface area contributed by atoms with E-state index in [9.17, 15) is 10.0 Å². The molecule has 0 aliphatic carbocycles. The van der Waals surface area contributed by atoms with E-state index in [0.717, 1.165) is 12.8 Å². The van der Waals surface area contributed by atoms with Crippen LogP contribution in [0.1, 0.15) is 19.8 Å². The molecule has 1 aromatic carbocycles. The number of para-hydroxylation sites is 1. The van der Waals surface area contributed by atoms with Crippen LogP contribution in [0.5, 0.6) is 5.88 Å². The molecule has 0 radical (unpaired) electrons.